The third-order valence-corrected chi connectivity index (χ3v) is 3.26. The highest BCUT2D eigenvalue weighted by molar-refractivity contribution is 6.32. The first-order chi connectivity index (χ1) is 9.61. The molecule has 1 aromatic rings. The molecule has 0 aliphatic heterocycles. The molecule has 0 atom stereocenters. The maximum Gasteiger partial charge on any atom is 0.287 e. The topological polar surface area (TPSA) is 76.0 Å². The number of amides is 1. The summed E-state index contributed by atoms with van der Waals surface area (Å²) in [5.74, 6) is 0.00378. The van der Waals surface area contributed by atoms with E-state index in [9.17, 15) is 9.59 Å². The largest absolute Gasteiger partial charge is 0.382 e. The summed E-state index contributed by atoms with van der Waals surface area (Å²) in [6.07, 6.45) is 5.52. The Kier molecular flexibility index (Phi) is 4.79. The number of hydrogen-bond acceptors (Lipinski definition) is 4. The molecule has 0 unspecified atom stereocenters. The van der Waals surface area contributed by atoms with E-state index >= 15 is 0 Å². The number of halogens is 1. The van der Waals surface area contributed by atoms with Gasteiger partial charge in [-0.1, -0.05) is 17.7 Å². The van der Waals surface area contributed by atoms with Crippen molar-refractivity contribution in [2.45, 2.75) is 31.8 Å². The maximum atomic E-state index is 11.8. The molecule has 1 aromatic heterocycles. The van der Waals surface area contributed by atoms with E-state index in [0.717, 1.165) is 12.8 Å². The van der Waals surface area contributed by atoms with Crippen LogP contribution >= 0.6 is 11.6 Å². The van der Waals surface area contributed by atoms with Gasteiger partial charge >= 0.3 is 0 Å². The van der Waals surface area contributed by atoms with E-state index < -0.39 is 0 Å². The molecule has 1 heterocycles. The van der Waals surface area contributed by atoms with Crippen molar-refractivity contribution in [3.05, 3.63) is 34.2 Å². The predicted molar refractivity (Wildman–Crippen MR) is 78.0 cm³/mol. The van der Waals surface area contributed by atoms with Crippen molar-refractivity contribution in [2.75, 3.05) is 11.9 Å². The van der Waals surface area contributed by atoms with Crippen molar-refractivity contribution in [3.63, 3.8) is 0 Å². The number of aromatic nitrogens is 2. The summed E-state index contributed by atoms with van der Waals surface area (Å²) in [4.78, 5) is 23.3. The van der Waals surface area contributed by atoms with Crippen LogP contribution in [0.25, 0.3) is 0 Å². The molecule has 1 aliphatic carbocycles. The Bertz CT molecular complexity index is 566. The average Bonchev–Trinajstić information content (AvgIpc) is 3.22. The number of carbonyl (C=O) groups is 1. The van der Waals surface area contributed by atoms with E-state index in [-0.39, 0.29) is 16.5 Å². The molecule has 6 nitrogen and oxygen atoms in total. The van der Waals surface area contributed by atoms with Crippen LogP contribution in [-0.4, -0.2) is 28.3 Å². The maximum absolute atomic E-state index is 11.8. The van der Waals surface area contributed by atoms with E-state index in [2.05, 4.69) is 22.3 Å². The lowest BCUT2D eigenvalue weighted by atomic mass is 10.3. The highest BCUT2D eigenvalue weighted by Crippen LogP contribution is 2.18. The lowest BCUT2D eigenvalue weighted by molar-refractivity contribution is -0.120. The summed E-state index contributed by atoms with van der Waals surface area (Å²) < 4.78 is 1.22. The minimum Gasteiger partial charge on any atom is -0.382 e. The second-order valence-corrected chi connectivity index (χ2v) is 5.04. The fourth-order valence-electron chi connectivity index (χ4n) is 1.68. The number of nitrogens with one attached hydrogen (secondary N) is 2. The van der Waals surface area contributed by atoms with E-state index in [1.54, 1.807) is 6.08 Å². The second kappa shape index (κ2) is 6.56. The Morgan fingerprint density at radius 3 is 3.00 bits per heavy atom. The first-order valence-corrected chi connectivity index (χ1v) is 6.89. The van der Waals surface area contributed by atoms with Crippen LogP contribution in [0.15, 0.2) is 23.6 Å². The minimum atomic E-state index is -0.376. The molecular formula is C13H17ClN4O2. The molecule has 108 valence electrons. The zero-order chi connectivity index (χ0) is 14.5. The lowest BCUT2D eigenvalue weighted by Crippen LogP contribution is -2.28. The van der Waals surface area contributed by atoms with Crippen LogP contribution in [0.2, 0.25) is 5.02 Å². The molecule has 1 saturated carbocycles. The molecule has 1 amide bonds. The Balaban J connectivity index is 1.89. The van der Waals surface area contributed by atoms with Gasteiger partial charge in [-0.15, -0.1) is 6.58 Å². The summed E-state index contributed by atoms with van der Waals surface area (Å²) >= 11 is 5.97. The smallest absolute Gasteiger partial charge is 0.287 e. The van der Waals surface area contributed by atoms with Crippen LogP contribution in [-0.2, 0) is 11.3 Å². The van der Waals surface area contributed by atoms with Gasteiger partial charge in [0.05, 0.1) is 18.4 Å². The molecule has 1 fully saturated rings. The number of allylic oxidation sites excluding steroid dienone is 1. The fourth-order valence-corrected chi connectivity index (χ4v) is 1.89. The number of carbonyl (C=O) groups excluding carboxylic acids is 1. The van der Waals surface area contributed by atoms with E-state index in [1.165, 1.54) is 10.9 Å². The molecule has 0 radical (unpaired) electrons. The van der Waals surface area contributed by atoms with Crippen LogP contribution < -0.4 is 16.2 Å². The first-order valence-electron chi connectivity index (χ1n) is 6.51. The zero-order valence-corrected chi connectivity index (χ0v) is 11.8. The molecular weight excluding hydrogens is 280 g/mol. The van der Waals surface area contributed by atoms with Crippen molar-refractivity contribution in [1.29, 1.82) is 0 Å². The van der Waals surface area contributed by atoms with Gasteiger partial charge in [0.2, 0.25) is 5.91 Å². The van der Waals surface area contributed by atoms with Gasteiger partial charge in [0.25, 0.3) is 5.56 Å². The third kappa shape index (κ3) is 3.84. The predicted octanol–water partition coefficient (Wildman–Crippen LogP) is 1.16. The van der Waals surface area contributed by atoms with Crippen LogP contribution in [0.5, 0.6) is 0 Å². The van der Waals surface area contributed by atoms with Gasteiger partial charge in [-0.3, -0.25) is 9.59 Å². The van der Waals surface area contributed by atoms with E-state index in [4.69, 9.17) is 11.6 Å². The molecule has 0 spiro atoms. The van der Waals surface area contributed by atoms with Gasteiger partial charge in [0, 0.05) is 19.0 Å². The van der Waals surface area contributed by atoms with Gasteiger partial charge in [-0.2, -0.15) is 5.10 Å². The standard InChI is InChI=1S/C13H17ClN4O2/c1-2-7-18-13(20)12(14)10(8-16-18)15-6-5-11(19)17-9-3-4-9/h2,8-9,15H,1,3-7H2,(H,17,19). The molecule has 2 N–H and O–H groups in total. The van der Waals surface area contributed by atoms with Crippen molar-refractivity contribution in [1.82, 2.24) is 15.1 Å². The Labute approximate surface area is 121 Å². The summed E-state index contributed by atoms with van der Waals surface area (Å²) in [5.41, 5.74) is 0.0650. The number of hydrogen-bond donors (Lipinski definition) is 2. The summed E-state index contributed by atoms with van der Waals surface area (Å²) in [7, 11) is 0. The summed E-state index contributed by atoms with van der Waals surface area (Å²) in [6.45, 7) is 4.26. The minimum absolute atomic E-state index is 0.00378. The van der Waals surface area contributed by atoms with Crippen molar-refractivity contribution >= 4 is 23.2 Å². The highest BCUT2D eigenvalue weighted by atomic mass is 35.5. The molecule has 1 aliphatic rings. The summed E-state index contributed by atoms with van der Waals surface area (Å²) in [6, 6.07) is 0.357. The zero-order valence-electron chi connectivity index (χ0n) is 11.1. The van der Waals surface area contributed by atoms with E-state index in [0.29, 0.717) is 31.2 Å². The van der Waals surface area contributed by atoms with Crippen LogP contribution in [0.4, 0.5) is 5.69 Å². The molecule has 2 rings (SSSR count). The summed E-state index contributed by atoms with van der Waals surface area (Å²) in [5, 5.41) is 9.88. The first kappa shape index (κ1) is 14.6. The molecule has 0 bridgehead atoms. The van der Waals surface area contributed by atoms with Gasteiger partial charge in [-0.25, -0.2) is 4.68 Å². The SMILES string of the molecule is C=CCn1ncc(NCCC(=O)NC2CC2)c(Cl)c1=O. The monoisotopic (exact) mass is 296 g/mol. The van der Waals surface area contributed by atoms with Gasteiger partial charge in [0.1, 0.15) is 5.02 Å². The van der Waals surface area contributed by atoms with Crippen LogP contribution in [0, 0.1) is 0 Å². The fraction of sp³-hybridized carbons (Fsp3) is 0.462. The third-order valence-electron chi connectivity index (χ3n) is 2.90. The lowest BCUT2D eigenvalue weighted by Gasteiger charge is -2.09. The number of nitrogens with zero attached hydrogens (tertiary/aromatic N) is 2. The Morgan fingerprint density at radius 1 is 1.60 bits per heavy atom. The van der Waals surface area contributed by atoms with Crippen molar-refractivity contribution in [3.8, 4) is 0 Å². The van der Waals surface area contributed by atoms with Gasteiger partial charge < -0.3 is 10.6 Å². The molecule has 0 aromatic carbocycles. The van der Waals surface area contributed by atoms with E-state index in [1.807, 2.05) is 0 Å². The average molecular weight is 297 g/mol. The van der Waals surface area contributed by atoms with Crippen molar-refractivity contribution in [2.24, 2.45) is 0 Å². The van der Waals surface area contributed by atoms with Crippen LogP contribution in [0.3, 0.4) is 0 Å². The van der Waals surface area contributed by atoms with Gasteiger partial charge in [-0.05, 0) is 12.8 Å². The van der Waals surface area contributed by atoms with Crippen LogP contribution in [0.1, 0.15) is 19.3 Å². The number of anilines is 1. The Morgan fingerprint density at radius 2 is 2.35 bits per heavy atom. The normalized spacial score (nSPS) is 13.8. The molecule has 7 heteroatoms. The second-order valence-electron chi connectivity index (χ2n) is 4.67. The molecule has 20 heavy (non-hydrogen) atoms. The number of rotatable bonds is 7. The quantitative estimate of drug-likeness (QED) is 0.741. The Hall–Kier alpha value is -1.82. The highest BCUT2D eigenvalue weighted by Gasteiger charge is 2.22. The van der Waals surface area contributed by atoms with Gasteiger partial charge in [0.15, 0.2) is 0 Å². The molecule has 0 saturated heterocycles. The van der Waals surface area contributed by atoms with Crippen molar-refractivity contribution < 1.29 is 4.79 Å².